The summed E-state index contributed by atoms with van der Waals surface area (Å²) < 4.78 is 6.29. The highest BCUT2D eigenvalue weighted by molar-refractivity contribution is 9.10. The second kappa shape index (κ2) is 5.23. The third kappa shape index (κ3) is 3.28. The van der Waals surface area contributed by atoms with Crippen LogP contribution in [0.1, 0.15) is 5.69 Å². The van der Waals surface area contributed by atoms with Gasteiger partial charge in [0, 0.05) is 23.7 Å². The molecule has 0 amide bonds. The molecule has 3 nitrogen and oxygen atoms in total. The van der Waals surface area contributed by atoms with Crippen molar-refractivity contribution in [2.75, 3.05) is 6.61 Å². The molecule has 0 aliphatic rings. The minimum atomic E-state index is 0.608. The average Bonchev–Trinajstić information content (AvgIpc) is 2.66. The fraction of sp³-hybridized carbons (Fsp3) is 0.200. The van der Waals surface area contributed by atoms with Crippen molar-refractivity contribution in [2.24, 2.45) is 0 Å². The van der Waals surface area contributed by atoms with Crippen LogP contribution in [0, 0.1) is 0 Å². The van der Waals surface area contributed by atoms with E-state index in [0.29, 0.717) is 11.8 Å². The van der Waals surface area contributed by atoms with Crippen LogP contribution in [-0.4, -0.2) is 16.6 Å². The number of hydrogen-bond donors (Lipinski definition) is 0. The Morgan fingerprint density at radius 3 is 3.00 bits per heavy atom. The van der Waals surface area contributed by atoms with Crippen LogP contribution < -0.4 is 4.74 Å². The number of rotatable bonds is 4. The topological polar surface area (TPSA) is 35.0 Å². The molecule has 0 aromatic carbocycles. The highest BCUT2D eigenvalue weighted by Crippen LogP contribution is 2.21. The van der Waals surface area contributed by atoms with E-state index in [0.717, 1.165) is 16.7 Å². The van der Waals surface area contributed by atoms with Crippen LogP contribution in [0.5, 0.6) is 5.19 Å². The Morgan fingerprint density at radius 1 is 1.40 bits per heavy atom. The van der Waals surface area contributed by atoms with Gasteiger partial charge in [0.1, 0.15) is 4.60 Å². The van der Waals surface area contributed by atoms with Gasteiger partial charge in [-0.15, -0.1) is 0 Å². The predicted molar refractivity (Wildman–Crippen MR) is 63.3 cm³/mol. The molecule has 0 unspecified atom stereocenters. The largest absolute Gasteiger partial charge is 0.470 e. The van der Waals surface area contributed by atoms with Gasteiger partial charge in [-0.1, -0.05) is 17.4 Å². The van der Waals surface area contributed by atoms with Gasteiger partial charge in [-0.2, -0.15) is 4.98 Å². The van der Waals surface area contributed by atoms with Crippen molar-refractivity contribution in [1.29, 1.82) is 0 Å². The first-order valence-electron chi connectivity index (χ1n) is 4.48. The van der Waals surface area contributed by atoms with Gasteiger partial charge in [-0.25, -0.2) is 0 Å². The van der Waals surface area contributed by atoms with E-state index in [1.165, 1.54) is 11.3 Å². The molecule has 78 valence electrons. The zero-order chi connectivity index (χ0) is 10.5. The highest BCUT2D eigenvalue weighted by Gasteiger charge is 2.00. The molecule has 2 aromatic rings. The molecule has 0 N–H and O–H groups in total. The Bertz CT molecular complexity index is 418. The van der Waals surface area contributed by atoms with Crippen molar-refractivity contribution < 1.29 is 4.74 Å². The molecule has 0 spiro atoms. The molecule has 0 saturated heterocycles. The van der Waals surface area contributed by atoms with Crippen molar-refractivity contribution in [3.8, 4) is 5.19 Å². The maximum Gasteiger partial charge on any atom is 0.274 e. The van der Waals surface area contributed by atoms with Crippen LogP contribution in [0.4, 0.5) is 0 Å². The molecule has 5 heteroatoms. The lowest BCUT2D eigenvalue weighted by Gasteiger charge is -2.01. The summed E-state index contributed by atoms with van der Waals surface area (Å²) >= 11 is 4.76. The van der Waals surface area contributed by atoms with E-state index in [1.54, 1.807) is 6.20 Å². The molecule has 2 heterocycles. The number of hydrogen-bond acceptors (Lipinski definition) is 4. The third-order valence-corrected chi connectivity index (χ3v) is 3.23. The Hall–Kier alpha value is -0.940. The number of aromatic nitrogens is 2. The molecule has 0 saturated carbocycles. The Labute approximate surface area is 100 Å². The van der Waals surface area contributed by atoms with Crippen LogP contribution in [-0.2, 0) is 6.42 Å². The average molecular weight is 285 g/mol. The van der Waals surface area contributed by atoms with Crippen molar-refractivity contribution in [3.63, 3.8) is 0 Å². The molecule has 2 rings (SSSR count). The van der Waals surface area contributed by atoms with Crippen LogP contribution >= 0.6 is 27.3 Å². The normalized spacial score (nSPS) is 10.2. The van der Waals surface area contributed by atoms with Gasteiger partial charge in [0.05, 0.1) is 6.61 Å². The monoisotopic (exact) mass is 284 g/mol. The van der Waals surface area contributed by atoms with Gasteiger partial charge >= 0.3 is 0 Å². The summed E-state index contributed by atoms with van der Waals surface area (Å²) in [5.74, 6) is 0. The van der Waals surface area contributed by atoms with E-state index in [1.807, 2.05) is 23.6 Å². The number of pyridine rings is 1. The summed E-state index contributed by atoms with van der Waals surface area (Å²) in [4.78, 5) is 8.34. The maximum atomic E-state index is 5.47. The van der Waals surface area contributed by atoms with E-state index >= 15 is 0 Å². The molecule has 15 heavy (non-hydrogen) atoms. The van der Waals surface area contributed by atoms with E-state index in [9.17, 15) is 0 Å². The van der Waals surface area contributed by atoms with Gasteiger partial charge in [0.15, 0.2) is 0 Å². The molecule has 0 atom stereocenters. The Balaban J connectivity index is 1.80. The minimum absolute atomic E-state index is 0.608. The van der Waals surface area contributed by atoms with Crippen LogP contribution in [0.15, 0.2) is 34.4 Å². The molecular weight excluding hydrogens is 276 g/mol. The number of nitrogens with zero attached hydrogens (tertiary/aromatic N) is 2. The summed E-state index contributed by atoms with van der Waals surface area (Å²) in [6.45, 7) is 0.608. The summed E-state index contributed by atoms with van der Waals surface area (Å²) in [6.07, 6.45) is 2.59. The van der Waals surface area contributed by atoms with E-state index in [4.69, 9.17) is 4.74 Å². The SMILES string of the molecule is Brc1csc(OCCc2ccccn2)n1. The molecule has 0 aliphatic heterocycles. The lowest BCUT2D eigenvalue weighted by molar-refractivity contribution is 0.318. The van der Waals surface area contributed by atoms with Crippen molar-refractivity contribution in [2.45, 2.75) is 6.42 Å². The fourth-order valence-corrected chi connectivity index (χ4v) is 2.21. The summed E-state index contributed by atoms with van der Waals surface area (Å²) in [6, 6.07) is 5.87. The summed E-state index contributed by atoms with van der Waals surface area (Å²) in [5.41, 5.74) is 1.04. The van der Waals surface area contributed by atoms with E-state index < -0.39 is 0 Å². The Morgan fingerprint density at radius 2 is 2.33 bits per heavy atom. The first-order valence-corrected chi connectivity index (χ1v) is 6.15. The quantitative estimate of drug-likeness (QED) is 0.866. The van der Waals surface area contributed by atoms with E-state index in [2.05, 4.69) is 25.9 Å². The van der Waals surface area contributed by atoms with Crippen LogP contribution in [0.25, 0.3) is 0 Å². The molecule has 0 bridgehead atoms. The molecule has 0 aliphatic carbocycles. The smallest absolute Gasteiger partial charge is 0.274 e. The number of halogens is 1. The number of thiazole rings is 1. The molecule has 0 radical (unpaired) electrons. The Kier molecular flexibility index (Phi) is 3.69. The van der Waals surface area contributed by atoms with Crippen molar-refractivity contribution >= 4 is 27.3 Å². The van der Waals surface area contributed by atoms with Crippen molar-refractivity contribution in [1.82, 2.24) is 9.97 Å². The van der Waals surface area contributed by atoms with Gasteiger partial charge in [-0.3, -0.25) is 4.98 Å². The standard InChI is InChI=1S/C10H9BrN2OS/c11-9-7-15-10(13-9)14-6-4-8-3-1-2-5-12-8/h1-3,5,7H,4,6H2. The van der Waals surface area contributed by atoms with Crippen molar-refractivity contribution in [3.05, 3.63) is 40.1 Å². The molecule has 0 fully saturated rings. The minimum Gasteiger partial charge on any atom is -0.470 e. The van der Waals surface area contributed by atoms with Gasteiger partial charge in [0.25, 0.3) is 5.19 Å². The lowest BCUT2D eigenvalue weighted by atomic mass is 10.3. The molecular formula is C10H9BrN2OS. The first-order chi connectivity index (χ1) is 7.34. The zero-order valence-electron chi connectivity index (χ0n) is 7.89. The molecule has 2 aromatic heterocycles. The lowest BCUT2D eigenvalue weighted by Crippen LogP contribution is -2.02. The second-order valence-electron chi connectivity index (χ2n) is 2.86. The summed E-state index contributed by atoms with van der Waals surface area (Å²) in [7, 11) is 0. The number of ether oxygens (including phenoxy) is 1. The zero-order valence-corrected chi connectivity index (χ0v) is 10.3. The van der Waals surface area contributed by atoms with E-state index in [-0.39, 0.29) is 0 Å². The third-order valence-electron chi connectivity index (χ3n) is 1.76. The van der Waals surface area contributed by atoms with Gasteiger partial charge in [0.2, 0.25) is 0 Å². The first kappa shape index (κ1) is 10.6. The highest BCUT2D eigenvalue weighted by atomic mass is 79.9. The van der Waals surface area contributed by atoms with Crippen LogP contribution in [0.3, 0.4) is 0 Å². The maximum absolute atomic E-state index is 5.47. The van der Waals surface area contributed by atoms with Crippen LogP contribution in [0.2, 0.25) is 0 Å². The summed E-state index contributed by atoms with van der Waals surface area (Å²) in [5, 5.41) is 2.59. The van der Waals surface area contributed by atoms with Gasteiger partial charge < -0.3 is 4.74 Å². The fourth-order valence-electron chi connectivity index (χ4n) is 1.09. The van der Waals surface area contributed by atoms with Gasteiger partial charge in [-0.05, 0) is 28.1 Å². The predicted octanol–water partition coefficient (Wildman–Crippen LogP) is 2.92. The second-order valence-corrected chi connectivity index (χ2v) is 4.49.